The minimum absolute atomic E-state index is 0.462. The summed E-state index contributed by atoms with van der Waals surface area (Å²) in [6, 6.07) is 66.6. The van der Waals surface area contributed by atoms with Crippen LogP contribution in [0.5, 0.6) is 0 Å². The second kappa shape index (κ2) is 12.5. The molecule has 0 saturated heterocycles. The van der Waals surface area contributed by atoms with E-state index in [0.29, 0.717) is 17.5 Å². The molecule has 1 spiro atoms. The summed E-state index contributed by atoms with van der Waals surface area (Å²) in [5.41, 5.74) is 13.9. The van der Waals surface area contributed by atoms with E-state index in [2.05, 4.69) is 127 Å². The Balaban J connectivity index is 1.05. The lowest BCUT2D eigenvalue weighted by Gasteiger charge is -2.39. The van der Waals surface area contributed by atoms with Crippen molar-refractivity contribution in [3.05, 3.63) is 210 Å². The molecule has 2 aromatic heterocycles. The van der Waals surface area contributed by atoms with Crippen LogP contribution in [0, 0.1) is 0 Å². The second-order valence-electron chi connectivity index (χ2n) is 14.7. The molecule has 8 aromatic carbocycles. The number of aromatic nitrogens is 3. The maximum absolute atomic E-state index is 7.03. The molecule has 266 valence electrons. The number of fused-ring (bicyclic) bond motifs is 12. The van der Waals surface area contributed by atoms with Gasteiger partial charge >= 0.3 is 0 Å². The molecule has 0 unspecified atom stereocenters. The van der Waals surface area contributed by atoms with E-state index in [4.69, 9.17) is 19.4 Å². The molecule has 0 saturated carbocycles. The molecular formula is C52H31N3OS. The number of nitrogens with zero attached hydrogens (tertiary/aromatic N) is 3. The van der Waals surface area contributed by atoms with Crippen molar-refractivity contribution in [3.8, 4) is 56.4 Å². The standard InChI is InChI=1S/C52H31N3OS/c1-3-15-32(16-4-1)49-53-50(33-17-5-2-6-18-33)55-51(54-49)35-20-13-19-34(29-35)36-22-14-23-38-40-30-39-37-21-7-8-24-41(37)52(44(39)31-45(40)56-48(36)38)42-25-9-11-27-46(42)57-47-28-12-10-26-43(47)52/h1-31H. The van der Waals surface area contributed by atoms with Gasteiger partial charge in [-0.15, -0.1) is 0 Å². The van der Waals surface area contributed by atoms with Crippen molar-refractivity contribution in [3.63, 3.8) is 0 Å². The molecule has 3 heterocycles. The van der Waals surface area contributed by atoms with Crippen LogP contribution in [0.1, 0.15) is 22.3 Å². The molecule has 0 N–H and O–H groups in total. The summed E-state index contributed by atoms with van der Waals surface area (Å²) in [6.07, 6.45) is 0. The van der Waals surface area contributed by atoms with Crippen molar-refractivity contribution < 1.29 is 4.42 Å². The summed E-state index contributed by atoms with van der Waals surface area (Å²) in [6.45, 7) is 0. The van der Waals surface area contributed by atoms with E-state index in [1.807, 2.05) is 72.4 Å². The average molecular weight is 746 g/mol. The number of para-hydroxylation sites is 1. The van der Waals surface area contributed by atoms with Gasteiger partial charge in [-0.2, -0.15) is 0 Å². The van der Waals surface area contributed by atoms with Gasteiger partial charge < -0.3 is 4.42 Å². The van der Waals surface area contributed by atoms with Gasteiger partial charge in [-0.05, 0) is 69.3 Å². The van der Waals surface area contributed by atoms with Gasteiger partial charge in [0.15, 0.2) is 17.5 Å². The molecule has 5 heteroatoms. The molecule has 2 aliphatic rings. The van der Waals surface area contributed by atoms with Crippen molar-refractivity contribution >= 4 is 33.7 Å². The predicted octanol–water partition coefficient (Wildman–Crippen LogP) is 13.3. The van der Waals surface area contributed by atoms with Gasteiger partial charge in [0.2, 0.25) is 0 Å². The van der Waals surface area contributed by atoms with Crippen LogP contribution in [0.15, 0.2) is 202 Å². The van der Waals surface area contributed by atoms with Crippen LogP contribution in [-0.2, 0) is 5.41 Å². The summed E-state index contributed by atoms with van der Waals surface area (Å²) < 4.78 is 7.03. The number of rotatable bonds is 4. The Morgan fingerprint density at radius 2 is 0.895 bits per heavy atom. The highest BCUT2D eigenvalue weighted by Crippen LogP contribution is 2.62. The van der Waals surface area contributed by atoms with Gasteiger partial charge in [-0.3, -0.25) is 0 Å². The zero-order valence-electron chi connectivity index (χ0n) is 30.6. The van der Waals surface area contributed by atoms with E-state index in [9.17, 15) is 0 Å². The first-order valence-electron chi connectivity index (χ1n) is 19.2. The van der Waals surface area contributed by atoms with Crippen LogP contribution in [0.4, 0.5) is 0 Å². The normalized spacial score (nSPS) is 13.3. The Kier molecular flexibility index (Phi) is 7.04. The minimum atomic E-state index is -0.462. The van der Waals surface area contributed by atoms with Crippen molar-refractivity contribution in [2.75, 3.05) is 0 Å². The highest BCUT2D eigenvalue weighted by molar-refractivity contribution is 7.99. The molecule has 4 nitrogen and oxygen atoms in total. The molecule has 0 bridgehead atoms. The Labute approximate surface area is 333 Å². The topological polar surface area (TPSA) is 51.8 Å². The number of benzene rings is 8. The molecule has 1 aliphatic carbocycles. The van der Waals surface area contributed by atoms with Crippen LogP contribution in [-0.4, -0.2) is 15.0 Å². The zero-order chi connectivity index (χ0) is 37.5. The lowest BCUT2D eigenvalue weighted by molar-refractivity contribution is 0.665. The van der Waals surface area contributed by atoms with Crippen molar-refractivity contribution in [1.82, 2.24) is 15.0 Å². The molecule has 1 aliphatic heterocycles. The van der Waals surface area contributed by atoms with Gasteiger partial charge in [-0.1, -0.05) is 169 Å². The minimum Gasteiger partial charge on any atom is -0.455 e. The summed E-state index contributed by atoms with van der Waals surface area (Å²) >= 11 is 1.86. The van der Waals surface area contributed by atoms with E-state index >= 15 is 0 Å². The molecule has 0 atom stereocenters. The third-order valence-electron chi connectivity index (χ3n) is 11.6. The van der Waals surface area contributed by atoms with E-state index in [-0.39, 0.29) is 0 Å². The first-order chi connectivity index (χ1) is 28.2. The van der Waals surface area contributed by atoms with Crippen molar-refractivity contribution in [2.45, 2.75) is 15.2 Å². The SMILES string of the molecule is c1ccc(-c2nc(-c3ccccc3)nc(-c3cccc(-c4cccc5c4oc4cc6c(cc45)-c4ccccc4C64c5ccccc5Sc5ccccc54)c3)n2)cc1. The Bertz CT molecular complexity index is 3120. The van der Waals surface area contributed by atoms with Crippen molar-refractivity contribution in [2.24, 2.45) is 0 Å². The van der Waals surface area contributed by atoms with Gasteiger partial charge in [0, 0.05) is 42.8 Å². The summed E-state index contributed by atoms with van der Waals surface area (Å²) in [5.74, 6) is 1.89. The summed E-state index contributed by atoms with van der Waals surface area (Å²) in [7, 11) is 0. The maximum atomic E-state index is 7.03. The third-order valence-corrected chi connectivity index (χ3v) is 12.7. The fourth-order valence-electron chi connectivity index (χ4n) is 9.13. The highest BCUT2D eigenvalue weighted by atomic mass is 32.2. The van der Waals surface area contributed by atoms with E-state index < -0.39 is 5.41 Å². The van der Waals surface area contributed by atoms with E-state index in [1.54, 1.807) is 0 Å². The average Bonchev–Trinajstić information content (AvgIpc) is 3.79. The van der Waals surface area contributed by atoms with E-state index in [1.165, 1.54) is 43.2 Å². The summed E-state index contributed by atoms with van der Waals surface area (Å²) in [4.78, 5) is 17.5. The first-order valence-corrected chi connectivity index (χ1v) is 20.0. The highest BCUT2D eigenvalue weighted by Gasteiger charge is 2.50. The Hall–Kier alpha value is -7.08. The predicted molar refractivity (Wildman–Crippen MR) is 230 cm³/mol. The summed E-state index contributed by atoms with van der Waals surface area (Å²) in [5, 5.41) is 2.20. The quantitative estimate of drug-likeness (QED) is 0.180. The van der Waals surface area contributed by atoms with Crippen LogP contribution >= 0.6 is 11.8 Å². The van der Waals surface area contributed by atoms with Gasteiger partial charge in [0.1, 0.15) is 11.2 Å². The first kappa shape index (κ1) is 32.2. The van der Waals surface area contributed by atoms with Crippen LogP contribution < -0.4 is 0 Å². The van der Waals surface area contributed by atoms with Crippen molar-refractivity contribution in [1.29, 1.82) is 0 Å². The lowest BCUT2D eigenvalue weighted by Crippen LogP contribution is -2.31. The number of hydrogen-bond acceptors (Lipinski definition) is 5. The molecule has 12 rings (SSSR count). The molecule has 0 fully saturated rings. The molecule has 0 radical (unpaired) electrons. The Morgan fingerprint density at radius 3 is 1.58 bits per heavy atom. The largest absolute Gasteiger partial charge is 0.455 e. The zero-order valence-corrected chi connectivity index (χ0v) is 31.4. The smallest absolute Gasteiger partial charge is 0.164 e. The van der Waals surface area contributed by atoms with E-state index in [0.717, 1.165) is 49.8 Å². The molecule has 57 heavy (non-hydrogen) atoms. The molecule has 10 aromatic rings. The fraction of sp³-hybridized carbons (Fsp3) is 0.0192. The monoisotopic (exact) mass is 745 g/mol. The van der Waals surface area contributed by atoms with Crippen LogP contribution in [0.25, 0.3) is 78.4 Å². The second-order valence-corrected chi connectivity index (χ2v) is 15.8. The van der Waals surface area contributed by atoms with Crippen LogP contribution in [0.2, 0.25) is 0 Å². The van der Waals surface area contributed by atoms with Crippen LogP contribution in [0.3, 0.4) is 0 Å². The number of hydrogen-bond donors (Lipinski definition) is 0. The lowest BCUT2D eigenvalue weighted by atomic mass is 9.67. The van der Waals surface area contributed by atoms with Gasteiger partial charge in [0.05, 0.1) is 5.41 Å². The third kappa shape index (κ3) is 4.79. The van der Waals surface area contributed by atoms with Gasteiger partial charge in [-0.25, -0.2) is 15.0 Å². The number of furan rings is 1. The maximum Gasteiger partial charge on any atom is 0.164 e. The van der Waals surface area contributed by atoms with Gasteiger partial charge in [0.25, 0.3) is 0 Å². The fourth-order valence-corrected chi connectivity index (χ4v) is 10.3. The molecule has 0 amide bonds. The molecular weight excluding hydrogens is 715 g/mol. The Morgan fingerprint density at radius 1 is 0.368 bits per heavy atom.